The Morgan fingerprint density at radius 2 is 1.84 bits per heavy atom. The number of benzene rings is 2. The molecule has 0 spiro atoms. The second kappa shape index (κ2) is 11.9. The van der Waals surface area contributed by atoms with E-state index < -0.39 is 10.0 Å². The van der Waals surface area contributed by atoms with Gasteiger partial charge >= 0.3 is 0 Å². The van der Waals surface area contributed by atoms with Crippen LogP contribution in [0.2, 0.25) is 5.02 Å². The predicted octanol–water partition coefficient (Wildman–Crippen LogP) is 6.01. The van der Waals surface area contributed by atoms with Gasteiger partial charge in [-0.05, 0) is 64.2 Å². The molecule has 0 radical (unpaired) electrons. The lowest BCUT2D eigenvalue weighted by Crippen LogP contribution is -2.30. The first-order valence-electron chi connectivity index (χ1n) is 10.5. The standard InChI is InChI=1S/C23H30BrClN2O3S/c1-4-6-7-17(5-2)15-26-23(28)19-10-8-18(9-11-19)16-27(31(3,29)30)20-12-13-21(24)22(25)14-20/h8-14,17H,4-7,15-16H2,1-3H3,(H,26,28). The molecule has 0 fully saturated rings. The van der Waals surface area contributed by atoms with E-state index >= 15 is 0 Å². The van der Waals surface area contributed by atoms with Gasteiger partial charge in [0.15, 0.2) is 0 Å². The highest BCUT2D eigenvalue weighted by atomic mass is 79.9. The molecule has 0 saturated carbocycles. The number of nitrogens with zero attached hydrogens (tertiary/aromatic N) is 1. The number of rotatable bonds is 11. The number of nitrogens with one attached hydrogen (secondary N) is 1. The number of amides is 1. The van der Waals surface area contributed by atoms with Crippen LogP contribution in [-0.4, -0.2) is 27.1 Å². The zero-order valence-electron chi connectivity index (χ0n) is 18.2. The molecular formula is C23H30BrClN2O3S. The molecule has 0 saturated heterocycles. The second-order valence-corrected chi connectivity index (χ2v) is 10.9. The normalized spacial score (nSPS) is 12.4. The smallest absolute Gasteiger partial charge is 0.251 e. The zero-order chi connectivity index (χ0) is 23.0. The molecule has 0 bridgehead atoms. The van der Waals surface area contributed by atoms with E-state index in [2.05, 4.69) is 35.1 Å². The molecule has 2 aromatic rings. The van der Waals surface area contributed by atoms with Crippen LogP contribution < -0.4 is 9.62 Å². The van der Waals surface area contributed by atoms with Crippen molar-refractivity contribution in [3.8, 4) is 0 Å². The molecule has 2 rings (SSSR count). The van der Waals surface area contributed by atoms with E-state index in [1.54, 1.807) is 42.5 Å². The van der Waals surface area contributed by atoms with Crippen LogP contribution in [0.25, 0.3) is 0 Å². The molecule has 0 aliphatic heterocycles. The Labute approximate surface area is 199 Å². The Hall–Kier alpha value is -1.57. The van der Waals surface area contributed by atoms with E-state index in [-0.39, 0.29) is 12.5 Å². The van der Waals surface area contributed by atoms with Gasteiger partial charge in [-0.25, -0.2) is 8.42 Å². The summed E-state index contributed by atoms with van der Waals surface area (Å²) < 4.78 is 26.7. The quantitative estimate of drug-likeness (QED) is 0.387. The van der Waals surface area contributed by atoms with E-state index in [0.717, 1.165) is 31.1 Å². The van der Waals surface area contributed by atoms with Crippen LogP contribution in [0.4, 0.5) is 5.69 Å². The Kier molecular flexibility index (Phi) is 9.85. The topological polar surface area (TPSA) is 66.5 Å². The van der Waals surface area contributed by atoms with Gasteiger partial charge in [-0.15, -0.1) is 0 Å². The number of hydrogen-bond acceptors (Lipinski definition) is 3. The summed E-state index contributed by atoms with van der Waals surface area (Å²) in [6, 6.07) is 12.0. The molecule has 2 aromatic carbocycles. The number of unbranched alkanes of at least 4 members (excludes halogenated alkanes) is 1. The molecule has 0 aliphatic rings. The third kappa shape index (κ3) is 7.81. The fourth-order valence-corrected chi connectivity index (χ4v) is 4.55. The Balaban J connectivity index is 2.08. The van der Waals surface area contributed by atoms with Gasteiger partial charge < -0.3 is 5.32 Å². The van der Waals surface area contributed by atoms with Crippen LogP contribution in [0.15, 0.2) is 46.9 Å². The SMILES string of the molecule is CCCCC(CC)CNC(=O)c1ccc(CN(c2ccc(Br)c(Cl)c2)S(C)(=O)=O)cc1. The van der Waals surface area contributed by atoms with Crippen LogP contribution in [0.5, 0.6) is 0 Å². The number of hydrogen-bond donors (Lipinski definition) is 1. The van der Waals surface area contributed by atoms with Crippen molar-refractivity contribution in [2.75, 3.05) is 17.1 Å². The molecule has 1 atom stereocenters. The summed E-state index contributed by atoms with van der Waals surface area (Å²) in [6.45, 7) is 5.13. The zero-order valence-corrected chi connectivity index (χ0v) is 21.4. The minimum Gasteiger partial charge on any atom is -0.352 e. The van der Waals surface area contributed by atoms with Crippen LogP contribution in [-0.2, 0) is 16.6 Å². The first-order valence-corrected chi connectivity index (χ1v) is 13.5. The van der Waals surface area contributed by atoms with Crippen molar-refractivity contribution in [3.05, 3.63) is 63.1 Å². The summed E-state index contributed by atoms with van der Waals surface area (Å²) in [5, 5.41) is 3.45. The molecule has 5 nitrogen and oxygen atoms in total. The van der Waals surface area contributed by atoms with Crippen molar-refractivity contribution in [3.63, 3.8) is 0 Å². The number of carbonyl (C=O) groups excluding carboxylic acids is 1. The Morgan fingerprint density at radius 1 is 1.16 bits per heavy atom. The van der Waals surface area contributed by atoms with Gasteiger partial charge in [0.1, 0.15) is 0 Å². The summed E-state index contributed by atoms with van der Waals surface area (Å²) in [5.74, 6) is 0.380. The maximum absolute atomic E-state index is 12.5. The van der Waals surface area contributed by atoms with Gasteiger partial charge in [0.2, 0.25) is 10.0 Å². The lowest BCUT2D eigenvalue weighted by molar-refractivity contribution is 0.0946. The fourth-order valence-electron chi connectivity index (χ4n) is 3.25. The van der Waals surface area contributed by atoms with Crippen LogP contribution >= 0.6 is 27.5 Å². The number of anilines is 1. The van der Waals surface area contributed by atoms with Crippen molar-refractivity contribution in [1.29, 1.82) is 0 Å². The molecule has 1 unspecified atom stereocenters. The molecule has 0 heterocycles. The van der Waals surface area contributed by atoms with Crippen molar-refractivity contribution in [1.82, 2.24) is 5.32 Å². The van der Waals surface area contributed by atoms with E-state index in [1.165, 1.54) is 10.7 Å². The van der Waals surface area contributed by atoms with Crippen molar-refractivity contribution < 1.29 is 13.2 Å². The Bertz CT molecular complexity index is 981. The maximum atomic E-state index is 12.5. The molecule has 0 aliphatic carbocycles. The van der Waals surface area contributed by atoms with E-state index in [4.69, 9.17) is 11.6 Å². The number of halogens is 2. The minimum atomic E-state index is -3.52. The Morgan fingerprint density at radius 3 is 2.39 bits per heavy atom. The van der Waals surface area contributed by atoms with Crippen LogP contribution in [0.3, 0.4) is 0 Å². The highest BCUT2D eigenvalue weighted by Crippen LogP contribution is 2.29. The van der Waals surface area contributed by atoms with Gasteiger partial charge in [-0.1, -0.05) is 56.8 Å². The highest BCUT2D eigenvalue weighted by molar-refractivity contribution is 9.10. The van der Waals surface area contributed by atoms with Gasteiger partial charge in [0.25, 0.3) is 5.91 Å². The van der Waals surface area contributed by atoms with Gasteiger partial charge in [0.05, 0.1) is 23.5 Å². The lowest BCUT2D eigenvalue weighted by Gasteiger charge is -2.23. The molecule has 0 aromatic heterocycles. The molecular weight excluding hydrogens is 500 g/mol. The van der Waals surface area contributed by atoms with E-state index in [1.807, 2.05) is 0 Å². The third-order valence-electron chi connectivity index (χ3n) is 5.23. The summed E-state index contributed by atoms with van der Waals surface area (Å²) >= 11 is 9.46. The van der Waals surface area contributed by atoms with Crippen LogP contribution in [0.1, 0.15) is 55.5 Å². The van der Waals surface area contributed by atoms with Crippen LogP contribution in [0, 0.1) is 5.92 Å². The van der Waals surface area contributed by atoms with E-state index in [9.17, 15) is 13.2 Å². The molecule has 31 heavy (non-hydrogen) atoms. The summed E-state index contributed by atoms with van der Waals surface area (Å²) in [7, 11) is -3.52. The predicted molar refractivity (Wildman–Crippen MR) is 132 cm³/mol. The van der Waals surface area contributed by atoms with Gasteiger partial charge in [0, 0.05) is 16.6 Å². The average molecular weight is 530 g/mol. The fraction of sp³-hybridized carbons (Fsp3) is 0.435. The van der Waals surface area contributed by atoms with Gasteiger partial charge in [-0.3, -0.25) is 9.10 Å². The molecule has 8 heteroatoms. The lowest BCUT2D eigenvalue weighted by atomic mass is 9.99. The van der Waals surface area contributed by atoms with Gasteiger partial charge in [-0.2, -0.15) is 0 Å². The molecule has 1 amide bonds. The molecule has 170 valence electrons. The second-order valence-electron chi connectivity index (χ2n) is 7.69. The van der Waals surface area contributed by atoms with Crippen molar-refractivity contribution in [2.24, 2.45) is 5.92 Å². The minimum absolute atomic E-state index is 0.110. The monoisotopic (exact) mass is 528 g/mol. The number of sulfonamides is 1. The largest absolute Gasteiger partial charge is 0.352 e. The number of carbonyl (C=O) groups is 1. The van der Waals surface area contributed by atoms with Crippen molar-refractivity contribution >= 4 is 49.1 Å². The average Bonchev–Trinajstić information content (AvgIpc) is 2.73. The first-order chi connectivity index (χ1) is 14.7. The first kappa shape index (κ1) is 25.7. The highest BCUT2D eigenvalue weighted by Gasteiger charge is 2.19. The van der Waals surface area contributed by atoms with Crippen molar-refractivity contribution in [2.45, 2.75) is 46.1 Å². The molecule has 1 N–H and O–H groups in total. The summed E-state index contributed by atoms with van der Waals surface area (Å²) in [4.78, 5) is 12.5. The summed E-state index contributed by atoms with van der Waals surface area (Å²) in [6.07, 6.45) is 5.65. The van der Waals surface area contributed by atoms with E-state index in [0.29, 0.717) is 33.2 Å². The third-order valence-corrected chi connectivity index (χ3v) is 7.60. The summed E-state index contributed by atoms with van der Waals surface area (Å²) in [5.41, 5.74) is 1.82. The maximum Gasteiger partial charge on any atom is 0.251 e.